The molecule has 2 N–H and O–H groups in total. The summed E-state index contributed by atoms with van der Waals surface area (Å²) in [6.07, 6.45) is 7.58. The van der Waals surface area contributed by atoms with Gasteiger partial charge in [-0.25, -0.2) is 9.97 Å². The third kappa shape index (κ3) is 3.45. The lowest BCUT2D eigenvalue weighted by molar-refractivity contribution is 0.141. The molecule has 4 nitrogen and oxygen atoms in total. The number of likely N-dealkylation sites (tertiary alicyclic amines) is 1. The fourth-order valence-corrected chi connectivity index (χ4v) is 3.97. The number of piperidine rings is 1. The second-order valence-corrected chi connectivity index (χ2v) is 6.59. The van der Waals surface area contributed by atoms with Crippen LogP contribution in [0, 0.1) is 0 Å². The van der Waals surface area contributed by atoms with Gasteiger partial charge in [0, 0.05) is 29.2 Å². The van der Waals surface area contributed by atoms with Gasteiger partial charge in [-0.2, -0.15) is 0 Å². The second-order valence-electron chi connectivity index (χ2n) is 4.52. The van der Waals surface area contributed by atoms with E-state index in [1.807, 2.05) is 12.4 Å². The number of hydrogen-bond acceptors (Lipinski definition) is 6. The maximum atomic E-state index is 5.69. The zero-order valence-electron chi connectivity index (χ0n) is 10.5. The van der Waals surface area contributed by atoms with E-state index in [9.17, 15) is 0 Å². The van der Waals surface area contributed by atoms with Gasteiger partial charge < -0.3 is 5.73 Å². The maximum Gasteiger partial charge on any atom is 0.180 e. The van der Waals surface area contributed by atoms with Crippen LogP contribution >= 0.6 is 35.1 Å². The van der Waals surface area contributed by atoms with Crippen LogP contribution < -0.4 is 5.73 Å². The summed E-state index contributed by atoms with van der Waals surface area (Å²) < 4.78 is 0. The van der Waals surface area contributed by atoms with Crippen molar-refractivity contribution in [2.45, 2.75) is 31.8 Å². The molecule has 19 heavy (non-hydrogen) atoms. The van der Waals surface area contributed by atoms with E-state index in [0.717, 1.165) is 13.1 Å². The minimum Gasteiger partial charge on any atom is -0.375 e. The molecule has 1 aliphatic rings. The van der Waals surface area contributed by atoms with Crippen LogP contribution in [0.25, 0.3) is 0 Å². The molecule has 1 saturated heterocycles. The van der Waals surface area contributed by atoms with E-state index < -0.39 is 0 Å². The van der Waals surface area contributed by atoms with Crippen LogP contribution in [0.1, 0.15) is 35.2 Å². The molecular weight excluding hydrogens is 300 g/mol. The van der Waals surface area contributed by atoms with E-state index in [1.54, 1.807) is 22.7 Å². The van der Waals surface area contributed by atoms with Gasteiger partial charge >= 0.3 is 0 Å². The Morgan fingerprint density at radius 2 is 2.26 bits per heavy atom. The van der Waals surface area contributed by atoms with Gasteiger partial charge in [0.05, 0.1) is 6.04 Å². The maximum absolute atomic E-state index is 5.69. The lowest BCUT2D eigenvalue weighted by Gasteiger charge is -2.33. The van der Waals surface area contributed by atoms with Crippen molar-refractivity contribution in [1.82, 2.24) is 14.9 Å². The molecule has 0 amide bonds. The van der Waals surface area contributed by atoms with E-state index in [1.165, 1.54) is 29.1 Å². The average molecular weight is 317 g/mol. The zero-order valence-corrected chi connectivity index (χ0v) is 12.9. The SMILES string of the molecule is Cl.Nc1ncc(CN2CCCCC2c2nccs2)s1. The van der Waals surface area contributed by atoms with Gasteiger partial charge in [0.25, 0.3) is 0 Å². The molecule has 3 heterocycles. The van der Waals surface area contributed by atoms with E-state index in [2.05, 4.69) is 20.2 Å². The number of thiazole rings is 2. The van der Waals surface area contributed by atoms with Crippen molar-refractivity contribution in [3.63, 3.8) is 0 Å². The Morgan fingerprint density at radius 1 is 1.37 bits per heavy atom. The summed E-state index contributed by atoms with van der Waals surface area (Å²) in [5.74, 6) is 0. The largest absolute Gasteiger partial charge is 0.375 e. The third-order valence-corrected chi connectivity index (χ3v) is 4.97. The molecule has 0 saturated carbocycles. The van der Waals surface area contributed by atoms with Crippen LogP contribution in [0.15, 0.2) is 17.8 Å². The van der Waals surface area contributed by atoms with Crippen molar-refractivity contribution in [3.8, 4) is 0 Å². The lowest BCUT2D eigenvalue weighted by Crippen LogP contribution is -2.32. The van der Waals surface area contributed by atoms with Crippen molar-refractivity contribution >= 4 is 40.2 Å². The number of nitrogen functional groups attached to an aromatic ring is 1. The normalized spacial score (nSPS) is 20.1. The Bertz CT molecular complexity index is 500. The van der Waals surface area contributed by atoms with Gasteiger partial charge in [0.15, 0.2) is 5.13 Å². The highest BCUT2D eigenvalue weighted by Gasteiger charge is 2.26. The molecule has 0 aliphatic carbocycles. The van der Waals surface area contributed by atoms with Crippen molar-refractivity contribution in [2.24, 2.45) is 0 Å². The van der Waals surface area contributed by atoms with Crippen LogP contribution in [0.4, 0.5) is 5.13 Å². The van der Waals surface area contributed by atoms with Gasteiger partial charge in [0.1, 0.15) is 5.01 Å². The van der Waals surface area contributed by atoms with E-state index >= 15 is 0 Å². The first-order chi connectivity index (χ1) is 8.83. The first-order valence-corrected chi connectivity index (χ1v) is 7.86. The van der Waals surface area contributed by atoms with E-state index in [4.69, 9.17) is 5.73 Å². The van der Waals surface area contributed by atoms with Crippen molar-refractivity contribution in [3.05, 3.63) is 27.7 Å². The topological polar surface area (TPSA) is 55.0 Å². The Hall–Kier alpha value is -0.690. The van der Waals surface area contributed by atoms with Gasteiger partial charge in [-0.15, -0.1) is 35.1 Å². The van der Waals surface area contributed by atoms with Crippen LogP contribution in [0.2, 0.25) is 0 Å². The van der Waals surface area contributed by atoms with Crippen LogP contribution in [0.3, 0.4) is 0 Å². The monoisotopic (exact) mass is 316 g/mol. The van der Waals surface area contributed by atoms with Gasteiger partial charge in [-0.1, -0.05) is 6.42 Å². The minimum absolute atomic E-state index is 0. The quantitative estimate of drug-likeness (QED) is 0.943. The summed E-state index contributed by atoms with van der Waals surface area (Å²) in [5.41, 5.74) is 5.69. The fourth-order valence-electron chi connectivity index (χ4n) is 2.45. The molecule has 1 unspecified atom stereocenters. The van der Waals surface area contributed by atoms with Crippen molar-refractivity contribution in [1.29, 1.82) is 0 Å². The number of anilines is 1. The summed E-state index contributed by atoms with van der Waals surface area (Å²) in [6.45, 7) is 2.08. The minimum atomic E-state index is 0. The molecule has 0 bridgehead atoms. The first-order valence-electron chi connectivity index (χ1n) is 6.16. The molecular formula is C12H17ClN4S2. The van der Waals surface area contributed by atoms with Gasteiger partial charge in [0.2, 0.25) is 0 Å². The van der Waals surface area contributed by atoms with Crippen LogP contribution in [0.5, 0.6) is 0 Å². The molecule has 104 valence electrons. The van der Waals surface area contributed by atoms with Crippen LogP contribution in [-0.2, 0) is 6.54 Å². The van der Waals surface area contributed by atoms with Crippen LogP contribution in [-0.4, -0.2) is 21.4 Å². The predicted molar refractivity (Wildman–Crippen MR) is 82.9 cm³/mol. The number of halogens is 1. The fraction of sp³-hybridized carbons (Fsp3) is 0.500. The Morgan fingerprint density at radius 3 is 2.95 bits per heavy atom. The summed E-state index contributed by atoms with van der Waals surface area (Å²) >= 11 is 3.35. The van der Waals surface area contributed by atoms with Gasteiger partial charge in [-0.05, 0) is 19.4 Å². The van der Waals surface area contributed by atoms with Crippen molar-refractivity contribution < 1.29 is 0 Å². The summed E-state index contributed by atoms with van der Waals surface area (Å²) in [5, 5.41) is 3.97. The number of hydrogen-bond donors (Lipinski definition) is 1. The van der Waals surface area contributed by atoms with Gasteiger partial charge in [-0.3, -0.25) is 4.90 Å². The number of aromatic nitrogens is 2. The number of nitrogens with zero attached hydrogens (tertiary/aromatic N) is 3. The molecule has 0 radical (unpaired) electrons. The number of nitrogens with two attached hydrogens (primary N) is 1. The Kier molecular flexibility index (Phi) is 5.15. The Labute approximate surface area is 127 Å². The predicted octanol–water partition coefficient (Wildman–Crippen LogP) is 3.33. The number of rotatable bonds is 3. The molecule has 0 spiro atoms. The third-order valence-electron chi connectivity index (χ3n) is 3.28. The van der Waals surface area contributed by atoms with Crippen molar-refractivity contribution in [2.75, 3.05) is 12.3 Å². The molecule has 3 rings (SSSR count). The summed E-state index contributed by atoms with van der Waals surface area (Å²) in [7, 11) is 0. The first kappa shape index (κ1) is 14.7. The summed E-state index contributed by atoms with van der Waals surface area (Å²) in [6, 6.07) is 0.474. The highest BCUT2D eigenvalue weighted by atomic mass is 35.5. The average Bonchev–Trinajstić information content (AvgIpc) is 3.02. The Balaban J connectivity index is 0.00000133. The summed E-state index contributed by atoms with van der Waals surface area (Å²) in [4.78, 5) is 12.4. The molecule has 0 aromatic carbocycles. The highest BCUT2D eigenvalue weighted by molar-refractivity contribution is 7.15. The molecule has 7 heteroatoms. The molecule has 2 aromatic heterocycles. The van der Waals surface area contributed by atoms with E-state index in [0.29, 0.717) is 11.2 Å². The molecule has 1 atom stereocenters. The lowest BCUT2D eigenvalue weighted by atomic mass is 10.0. The smallest absolute Gasteiger partial charge is 0.180 e. The van der Waals surface area contributed by atoms with E-state index in [-0.39, 0.29) is 12.4 Å². The highest BCUT2D eigenvalue weighted by Crippen LogP contribution is 2.33. The second kappa shape index (κ2) is 6.65. The zero-order chi connectivity index (χ0) is 12.4. The molecule has 1 fully saturated rings. The molecule has 1 aliphatic heterocycles. The standard InChI is InChI=1S/C12H16N4S2.ClH/c13-12-15-7-9(18-12)8-16-5-2-1-3-10(16)11-14-4-6-17-11;/h4,6-7,10H,1-3,5,8H2,(H2,13,15);1H. The molecule has 2 aromatic rings.